The molecule has 4 nitrogen and oxygen atoms in total. The molecule has 0 aliphatic heterocycles. The van der Waals surface area contributed by atoms with Crippen molar-refractivity contribution < 1.29 is 9.53 Å². The number of esters is 1. The monoisotopic (exact) mass is 216 g/mol. The number of carbonyl (C=O) groups excluding carboxylic acids is 1. The molecule has 0 amide bonds. The topological polar surface area (TPSA) is 63.0 Å². The van der Waals surface area contributed by atoms with E-state index < -0.39 is 5.97 Å². The third-order valence-electron chi connectivity index (χ3n) is 2.05. The maximum absolute atomic E-state index is 11.6. The molecule has 0 radical (unpaired) electrons. The molecular weight excluding hydrogens is 204 g/mol. The first-order valence-electron chi connectivity index (χ1n) is 4.85. The number of hydrogen-bond acceptors (Lipinski definition) is 4. The van der Waals surface area contributed by atoms with Crippen molar-refractivity contribution in [3.8, 4) is 6.07 Å². The van der Waals surface area contributed by atoms with E-state index >= 15 is 0 Å². The minimum atomic E-state index is -0.485. The van der Waals surface area contributed by atoms with Gasteiger partial charge in [0.1, 0.15) is 6.07 Å². The lowest BCUT2D eigenvalue weighted by Crippen LogP contribution is -2.09. The first-order chi connectivity index (χ1) is 7.63. The van der Waals surface area contributed by atoms with Crippen molar-refractivity contribution in [1.82, 2.24) is 4.98 Å². The van der Waals surface area contributed by atoms with E-state index in [-0.39, 0.29) is 12.2 Å². The summed E-state index contributed by atoms with van der Waals surface area (Å²) >= 11 is 0. The predicted octanol–water partition coefficient (Wildman–Crippen LogP) is 2.08. The van der Waals surface area contributed by atoms with Crippen LogP contribution in [0.25, 0.3) is 6.08 Å². The zero-order valence-corrected chi connectivity index (χ0v) is 9.28. The molecular formula is C12H12N2O2. The van der Waals surface area contributed by atoms with E-state index in [0.717, 1.165) is 0 Å². The molecule has 0 fully saturated rings. The number of nitrogens with zero attached hydrogens (tertiary/aromatic N) is 2. The Balaban J connectivity index is 3.31. The highest BCUT2D eigenvalue weighted by Gasteiger charge is 2.14. The van der Waals surface area contributed by atoms with Crippen LogP contribution in [0.1, 0.15) is 34.2 Å². The Kier molecular flexibility index (Phi) is 3.78. The molecule has 1 aromatic heterocycles. The number of ether oxygens (including phenoxy) is 1. The highest BCUT2D eigenvalue weighted by molar-refractivity contribution is 5.93. The van der Waals surface area contributed by atoms with Crippen molar-refractivity contribution in [3.05, 3.63) is 35.2 Å². The summed E-state index contributed by atoms with van der Waals surface area (Å²) in [7, 11) is 0. The van der Waals surface area contributed by atoms with Crippen LogP contribution in [-0.2, 0) is 4.74 Å². The average Bonchev–Trinajstić information content (AvgIpc) is 2.28. The Morgan fingerprint density at radius 3 is 2.94 bits per heavy atom. The van der Waals surface area contributed by atoms with Crippen LogP contribution in [0.5, 0.6) is 0 Å². The second-order valence-electron chi connectivity index (χ2n) is 3.09. The molecule has 0 saturated carbocycles. The van der Waals surface area contributed by atoms with E-state index in [0.29, 0.717) is 17.0 Å². The largest absolute Gasteiger partial charge is 0.462 e. The zero-order valence-electron chi connectivity index (χ0n) is 9.28. The number of aryl methyl sites for hydroxylation is 1. The Hall–Kier alpha value is -2.15. The molecule has 1 aromatic rings. The van der Waals surface area contributed by atoms with Crippen molar-refractivity contribution >= 4 is 12.0 Å². The molecule has 82 valence electrons. The molecule has 16 heavy (non-hydrogen) atoms. The maximum atomic E-state index is 11.6. The van der Waals surface area contributed by atoms with Crippen LogP contribution in [0.15, 0.2) is 12.6 Å². The fourth-order valence-corrected chi connectivity index (χ4v) is 1.26. The average molecular weight is 216 g/mol. The minimum absolute atomic E-state index is 0.277. The van der Waals surface area contributed by atoms with Crippen molar-refractivity contribution in [2.75, 3.05) is 6.61 Å². The van der Waals surface area contributed by atoms with Crippen molar-refractivity contribution in [3.63, 3.8) is 0 Å². The van der Waals surface area contributed by atoms with Crippen LogP contribution in [0, 0.1) is 18.3 Å². The lowest BCUT2D eigenvalue weighted by Gasteiger charge is -2.07. The van der Waals surface area contributed by atoms with Gasteiger partial charge in [0.15, 0.2) is 0 Å². The molecule has 0 spiro atoms. The van der Waals surface area contributed by atoms with Gasteiger partial charge >= 0.3 is 5.97 Å². The van der Waals surface area contributed by atoms with Gasteiger partial charge in [-0.2, -0.15) is 5.26 Å². The van der Waals surface area contributed by atoms with Crippen LogP contribution in [0.2, 0.25) is 0 Å². The van der Waals surface area contributed by atoms with E-state index in [4.69, 9.17) is 10.00 Å². The van der Waals surface area contributed by atoms with Crippen molar-refractivity contribution in [1.29, 1.82) is 5.26 Å². The van der Waals surface area contributed by atoms with Crippen molar-refractivity contribution in [2.45, 2.75) is 13.8 Å². The third-order valence-corrected chi connectivity index (χ3v) is 2.05. The third kappa shape index (κ3) is 2.26. The number of hydrogen-bond donors (Lipinski definition) is 0. The molecule has 1 rings (SSSR count). The van der Waals surface area contributed by atoms with Gasteiger partial charge in [0, 0.05) is 0 Å². The van der Waals surface area contributed by atoms with Gasteiger partial charge in [-0.25, -0.2) is 4.79 Å². The van der Waals surface area contributed by atoms with Crippen LogP contribution >= 0.6 is 0 Å². The summed E-state index contributed by atoms with van der Waals surface area (Å²) in [6, 6.07) is 3.46. The van der Waals surface area contributed by atoms with Gasteiger partial charge in [0.05, 0.1) is 29.1 Å². The first-order valence-corrected chi connectivity index (χ1v) is 4.85. The number of rotatable bonds is 3. The fraction of sp³-hybridized carbons (Fsp3) is 0.250. The second-order valence-corrected chi connectivity index (χ2v) is 3.09. The summed E-state index contributed by atoms with van der Waals surface area (Å²) in [5.74, 6) is -0.485. The maximum Gasteiger partial charge on any atom is 0.340 e. The Morgan fingerprint density at radius 2 is 2.44 bits per heavy atom. The molecule has 1 heterocycles. The van der Waals surface area contributed by atoms with E-state index in [9.17, 15) is 4.79 Å². The molecule has 0 aromatic carbocycles. The number of pyridine rings is 1. The Bertz CT molecular complexity index is 473. The molecule has 4 heteroatoms. The minimum Gasteiger partial charge on any atom is -0.462 e. The lowest BCUT2D eigenvalue weighted by molar-refractivity contribution is 0.0525. The Labute approximate surface area is 94.2 Å². The normalized spacial score (nSPS) is 9.31. The van der Waals surface area contributed by atoms with Gasteiger partial charge in [-0.05, 0) is 26.0 Å². The van der Waals surface area contributed by atoms with Crippen LogP contribution in [-0.4, -0.2) is 17.6 Å². The van der Waals surface area contributed by atoms with E-state index in [2.05, 4.69) is 11.6 Å². The quantitative estimate of drug-likeness (QED) is 0.725. The van der Waals surface area contributed by atoms with Gasteiger partial charge < -0.3 is 4.74 Å². The smallest absolute Gasteiger partial charge is 0.340 e. The highest BCUT2D eigenvalue weighted by Crippen LogP contribution is 2.14. The summed E-state index contributed by atoms with van der Waals surface area (Å²) in [5.41, 5.74) is 1.66. The second kappa shape index (κ2) is 5.08. The van der Waals surface area contributed by atoms with Crippen molar-refractivity contribution in [2.24, 2.45) is 0 Å². The SMILES string of the molecule is C=Cc1nc(C)c(C#N)cc1C(=O)OCC. The van der Waals surface area contributed by atoms with E-state index in [1.54, 1.807) is 13.8 Å². The predicted molar refractivity (Wildman–Crippen MR) is 59.7 cm³/mol. The summed E-state index contributed by atoms with van der Waals surface area (Å²) < 4.78 is 4.87. The van der Waals surface area contributed by atoms with Crippen LogP contribution in [0.4, 0.5) is 0 Å². The number of nitriles is 1. The molecule has 0 atom stereocenters. The standard InChI is InChI=1S/C12H12N2O2/c1-4-11-10(12(15)16-5-2)6-9(7-13)8(3)14-11/h4,6H,1,5H2,2-3H3. The first kappa shape index (κ1) is 11.9. The Morgan fingerprint density at radius 1 is 1.75 bits per heavy atom. The molecule has 0 unspecified atom stereocenters. The molecule has 0 bridgehead atoms. The van der Waals surface area contributed by atoms with Gasteiger partial charge in [-0.1, -0.05) is 6.58 Å². The number of carbonyl (C=O) groups is 1. The summed E-state index contributed by atoms with van der Waals surface area (Å²) in [4.78, 5) is 15.7. The van der Waals surface area contributed by atoms with Crippen LogP contribution < -0.4 is 0 Å². The summed E-state index contributed by atoms with van der Waals surface area (Å²) in [5, 5.41) is 8.85. The fourth-order valence-electron chi connectivity index (χ4n) is 1.26. The lowest BCUT2D eigenvalue weighted by atomic mass is 10.1. The van der Waals surface area contributed by atoms with Gasteiger partial charge in [-0.3, -0.25) is 4.98 Å². The summed E-state index contributed by atoms with van der Waals surface area (Å²) in [6.07, 6.45) is 1.47. The van der Waals surface area contributed by atoms with E-state index in [1.807, 2.05) is 6.07 Å². The molecule has 0 aliphatic carbocycles. The highest BCUT2D eigenvalue weighted by atomic mass is 16.5. The van der Waals surface area contributed by atoms with Gasteiger partial charge in [0.25, 0.3) is 0 Å². The van der Waals surface area contributed by atoms with E-state index in [1.165, 1.54) is 12.1 Å². The summed E-state index contributed by atoms with van der Waals surface area (Å²) in [6.45, 7) is 7.29. The molecule has 0 aliphatic rings. The zero-order chi connectivity index (χ0) is 12.1. The number of aromatic nitrogens is 1. The van der Waals surface area contributed by atoms with Gasteiger partial charge in [0.2, 0.25) is 0 Å². The molecule has 0 N–H and O–H groups in total. The van der Waals surface area contributed by atoms with Crippen LogP contribution in [0.3, 0.4) is 0 Å². The molecule has 0 saturated heterocycles. The van der Waals surface area contributed by atoms with Gasteiger partial charge in [-0.15, -0.1) is 0 Å².